The number of carbonyl (C=O) groups is 2. The molecule has 130 valence electrons. The van der Waals surface area contributed by atoms with Gasteiger partial charge in [-0.25, -0.2) is 0 Å². The molecule has 1 aliphatic rings. The summed E-state index contributed by atoms with van der Waals surface area (Å²) in [6.45, 7) is 6.79. The fourth-order valence-electron chi connectivity index (χ4n) is 3.21. The number of aryl methyl sites for hydroxylation is 2. The number of carbonyl (C=O) groups excluding carboxylic acids is 1. The lowest BCUT2D eigenvalue weighted by molar-refractivity contribution is -0.135. The van der Waals surface area contributed by atoms with Crippen molar-refractivity contribution in [2.45, 2.75) is 39.0 Å². The van der Waals surface area contributed by atoms with Crippen molar-refractivity contribution in [1.82, 2.24) is 0 Å². The molecule has 0 unspecified atom stereocenters. The normalized spacial score (nSPS) is 13.2. The van der Waals surface area contributed by atoms with Crippen LogP contribution in [0.25, 0.3) is 5.57 Å². The van der Waals surface area contributed by atoms with Crippen LogP contribution >= 0.6 is 11.8 Å². The number of fused-ring (bicyclic) bond motifs is 1. The average Bonchev–Trinajstić information content (AvgIpc) is 2.58. The summed E-state index contributed by atoms with van der Waals surface area (Å²) in [5, 5.41) is 9.21. The first-order chi connectivity index (χ1) is 11.6. The van der Waals surface area contributed by atoms with Crippen LogP contribution in [0.5, 0.6) is 0 Å². The number of carboxylic acid groups (broad SMARTS) is 1. The van der Waals surface area contributed by atoms with E-state index < -0.39 is 5.97 Å². The molecule has 0 atom stereocenters. The van der Waals surface area contributed by atoms with Gasteiger partial charge < -0.3 is 10.0 Å². The number of rotatable bonds is 9. The average molecular weight is 347 g/mol. The molecule has 0 saturated carbocycles. The van der Waals surface area contributed by atoms with Gasteiger partial charge in [-0.15, -0.1) is 0 Å². The standard InChI is InChI=1S/C19H25NO3S/c1-3-20(12-19(22)23)18-11-16-7-5-4-6-15(16)10-17(18)14(2)8-9-24-13-21/h10-11,13H,2-9,12H2,1H3,(H,22,23). The highest BCUT2D eigenvalue weighted by molar-refractivity contribution is 8.11. The van der Waals surface area contributed by atoms with Crippen molar-refractivity contribution in [3.8, 4) is 0 Å². The highest BCUT2D eigenvalue weighted by Crippen LogP contribution is 2.34. The lowest BCUT2D eigenvalue weighted by atomic mass is 9.87. The summed E-state index contributed by atoms with van der Waals surface area (Å²) >= 11 is 1.24. The molecule has 1 aliphatic carbocycles. The molecule has 24 heavy (non-hydrogen) atoms. The number of allylic oxidation sites excluding steroid dienone is 1. The quantitative estimate of drug-likeness (QED) is 0.544. The number of hydrogen-bond acceptors (Lipinski definition) is 4. The van der Waals surface area contributed by atoms with Gasteiger partial charge >= 0.3 is 5.97 Å². The van der Waals surface area contributed by atoms with E-state index in [0.29, 0.717) is 12.3 Å². The summed E-state index contributed by atoms with van der Waals surface area (Å²) in [5.74, 6) is -0.133. The first kappa shape index (κ1) is 18.6. The Balaban J connectivity index is 2.38. The van der Waals surface area contributed by atoms with E-state index in [4.69, 9.17) is 0 Å². The SMILES string of the molecule is C=C(CCSC=O)c1cc2c(cc1N(CC)CC(=O)O)CCCC2. The number of hydrogen-bond donors (Lipinski definition) is 1. The Morgan fingerprint density at radius 1 is 1.33 bits per heavy atom. The lowest BCUT2D eigenvalue weighted by Gasteiger charge is -2.28. The first-order valence-electron chi connectivity index (χ1n) is 8.42. The highest BCUT2D eigenvalue weighted by atomic mass is 32.2. The Bertz CT molecular complexity index is 627. The molecule has 0 radical (unpaired) electrons. The topological polar surface area (TPSA) is 57.6 Å². The minimum absolute atomic E-state index is 0.0152. The van der Waals surface area contributed by atoms with Crippen LogP contribution in [0.3, 0.4) is 0 Å². The van der Waals surface area contributed by atoms with Crippen LogP contribution in [0.15, 0.2) is 18.7 Å². The maximum atomic E-state index is 11.2. The van der Waals surface area contributed by atoms with Crippen LogP contribution in [-0.4, -0.2) is 35.5 Å². The number of benzene rings is 1. The van der Waals surface area contributed by atoms with Crippen molar-refractivity contribution >= 4 is 34.6 Å². The number of likely N-dealkylation sites (N-methyl/N-ethyl adjacent to an activating group) is 1. The molecule has 5 heteroatoms. The molecule has 0 heterocycles. The lowest BCUT2D eigenvalue weighted by Crippen LogP contribution is -2.30. The van der Waals surface area contributed by atoms with E-state index in [0.717, 1.165) is 41.7 Å². The Labute approximate surface area is 147 Å². The maximum Gasteiger partial charge on any atom is 0.323 e. The second kappa shape index (κ2) is 8.92. The molecule has 0 amide bonds. The Hall–Kier alpha value is -1.75. The predicted molar refractivity (Wildman–Crippen MR) is 101 cm³/mol. The van der Waals surface area contributed by atoms with Crippen LogP contribution in [0.2, 0.25) is 0 Å². The third-order valence-corrected chi connectivity index (χ3v) is 5.06. The van der Waals surface area contributed by atoms with E-state index in [-0.39, 0.29) is 6.54 Å². The molecule has 2 rings (SSSR count). The molecule has 0 aromatic heterocycles. The van der Waals surface area contributed by atoms with Gasteiger partial charge in [-0.2, -0.15) is 0 Å². The molecule has 1 aromatic carbocycles. The van der Waals surface area contributed by atoms with Crippen LogP contribution in [-0.2, 0) is 22.4 Å². The molecular weight excluding hydrogens is 322 g/mol. The minimum Gasteiger partial charge on any atom is -0.480 e. The van der Waals surface area contributed by atoms with Gasteiger partial charge in [0, 0.05) is 23.5 Å². The van der Waals surface area contributed by atoms with Crippen molar-refractivity contribution in [3.63, 3.8) is 0 Å². The summed E-state index contributed by atoms with van der Waals surface area (Å²) in [6.07, 6.45) is 5.24. The Morgan fingerprint density at radius 2 is 2.00 bits per heavy atom. The third-order valence-electron chi connectivity index (χ3n) is 4.48. The van der Waals surface area contributed by atoms with Gasteiger partial charge in [0.25, 0.3) is 0 Å². The second-order valence-electron chi connectivity index (χ2n) is 6.07. The van der Waals surface area contributed by atoms with E-state index in [9.17, 15) is 14.7 Å². The van der Waals surface area contributed by atoms with Gasteiger partial charge in [-0.3, -0.25) is 9.59 Å². The van der Waals surface area contributed by atoms with E-state index in [1.807, 2.05) is 11.8 Å². The zero-order chi connectivity index (χ0) is 17.5. The van der Waals surface area contributed by atoms with Gasteiger partial charge in [-0.1, -0.05) is 18.3 Å². The van der Waals surface area contributed by atoms with Crippen molar-refractivity contribution in [2.75, 3.05) is 23.7 Å². The summed E-state index contributed by atoms with van der Waals surface area (Å²) < 4.78 is 0. The summed E-state index contributed by atoms with van der Waals surface area (Å²) in [6, 6.07) is 4.36. The van der Waals surface area contributed by atoms with Crippen molar-refractivity contribution in [1.29, 1.82) is 0 Å². The van der Waals surface area contributed by atoms with E-state index >= 15 is 0 Å². The molecule has 0 bridgehead atoms. The van der Waals surface area contributed by atoms with Crippen molar-refractivity contribution < 1.29 is 14.7 Å². The number of anilines is 1. The number of nitrogens with zero attached hydrogens (tertiary/aromatic N) is 1. The van der Waals surface area contributed by atoms with Gasteiger partial charge in [0.1, 0.15) is 6.54 Å². The fourth-order valence-corrected chi connectivity index (χ4v) is 3.67. The summed E-state index contributed by atoms with van der Waals surface area (Å²) in [5.41, 5.74) is 6.50. The van der Waals surface area contributed by atoms with E-state index in [1.165, 1.54) is 35.7 Å². The monoisotopic (exact) mass is 347 g/mol. The molecule has 4 nitrogen and oxygen atoms in total. The number of carboxylic acids is 1. The van der Waals surface area contributed by atoms with Crippen molar-refractivity contribution in [2.24, 2.45) is 0 Å². The largest absolute Gasteiger partial charge is 0.480 e. The number of aliphatic carboxylic acids is 1. The van der Waals surface area contributed by atoms with Crippen LogP contribution in [0, 0.1) is 0 Å². The van der Waals surface area contributed by atoms with Gasteiger partial charge in [0.2, 0.25) is 0 Å². The van der Waals surface area contributed by atoms with Gasteiger partial charge in [0.05, 0.1) is 0 Å². The minimum atomic E-state index is -0.831. The second-order valence-corrected chi connectivity index (χ2v) is 7.01. The Morgan fingerprint density at radius 3 is 2.58 bits per heavy atom. The van der Waals surface area contributed by atoms with Gasteiger partial charge in [0.15, 0.2) is 5.62 Å². The Kier molecular flexibility index (Phi) is 6.91. The molecular formula is C19H25NO3S. The summed E-state index contributed by atoms with van der Waals surface area (Å²) in [7, 11) is 0. The van der Waals surface area contributed by atoms with E-state index in [2.05, 4.69) is 18.7 Å². The van der Waals surface area contributed by atoms with Crippen molar-refractivity contribution in [3.05, 3.63) is 35.4 Å². The zero-order valence-electron chi connectivity index (χ0n) is 14.2. The third kappa shape index (κ3) is 4.63. The predicted octanol–water partition coefficient (Wildman–Crippen LogP) is 3.80. The fraction of sp³-hybridized carbons (Fsp3) is 0.474. The molecule has 1 aromatic rings. The zero-order valence-corrected chi connectivity index (χ0v) is 15.0. The smallest absolute Gasteiger partial charge is 0.323 e. The highest BCUT2D eigenvalue weighted by Gasteiger charge is 2.19. The molecule has 0 spiro atoms. The molecule has 0 fully saturated rings. The van der Waals surface area contributed by atoms with Crippen LogP contribution < -0.4 is 4.90 Å². The maximum absolute atomic E-state index is 11.2. The molecule has 1 N–H and O–H groups in total. The van der Waals surface area contributed by atoms with E-state index in [1.54, 1.807) is 0 Å². The summed E-state index contributed by atoms with van der Waals surface area (Å²) in [4.78, 5) is 23.6. The first-order valence-corrected chi connectivity index (χ1v) is 9.47. The number of thioether (sulfide) groups is 1. The molecule has 0 saturated heterocycles. The molecule has 0 aliphatic heterocycles. The van der Waals surface area contributed by atoms with Crippen LogP contribution in [0.4, 0.5) is 5.69 Å². The van der Waals surface area contributed by atoms with Crippen LogP contribution in [0.1, 0.15) is 42.9 Å². The van der Waals surface area contributed by atoms with Gasteiger partial charge in [-0.05, 0) is 67.9 Å².